The summed E-state index contributed by atoms with van der Waals surface area (Å²) >= 11 is 7.28. The molecule has 2 heterocycles. The lowest BCUT2D eigenvalue weighted by Gasteiger charge is -2.16. The molecule has 6 heteroatoms. The highest BCUT2D eigenvalue weighted by Gasteiger charge is 2.34. The van der Waals surface area contributed by atoms with Crippen LogP contribution >= 0.6 is 22.9 Å². The second-order valence-electron chi connectivity index (χ2n) is 4.68. The van der Waals surface area contributed by atoms with Crippen LogP contribution in [0.1, 0.15) is 27.2 Å². The monoisotopic (exact) mass is 301 g/mol. The van der Waals surface area contributed by atoms with E-state index in [4.69, 9.17) is 16.3 Å². The first kappa shape index (κ1) is 14.3. The summed E-state index contributed by atoms with van der Waals surface area (Å²) in [4.78, 5) is 26.6. The van der Waals surface area contributed by atoms with Gasteiger partial charge >= 0.3 is 5.97 Å². The number of hydrogen-bond donors (Lipinski definition) is 0. The summed E-state index contributed by atoms with van der Waals surface area (Å²) in [7, 11) is 1.35. The average Bonchev–Trinajstić information content (AvgIpc) is 2.90. The van der Waals surface area contributed by atoms with Gasteiger partial charge in [0.05, 0.1) is 12.7 Å². The fourth-order valence-electron chi connectivity index (χ4n) is 2.22. The van der Waals surface area contributed by atoms with Crippen LogP contribution in [0.3, 0.4) is 0 Å². The number of aryl methyl sites for hydroxylation is 1. The van der Waals surface area contributed by atoms with E-state index in [0.29, 0.717) is 29.4 Å². The molecule has 0 aromatic carbocycles. The maximum Gasteiger partial charge on any atom is 0.341 e. The number of nitrogens with zero attached hydrogens (tertiary/aromatic N) is 1. The van der Waals surface area contributed by atoms with Crippen LogP contribution < -0.4 is 4.90 Å². The van der Waals surface area contributed by atoms with Crippen molar-refractivity contribution < 1.29 is 14.3 Å². The van der Waals surface area contributed by atoms with E-state index in [1.807, 2.05) is 13.8 Å². The minimum Gasteiger partial charge on any atom is -0.465 e. The van der Waals surface area contributed by atoms with Gasteiger partial charge in [0.15, 0.2) is 0 Å². The summed E-state index contributed by atoms with van der Waals surface area (Å²) in [5.41, 5.74) is 1.39. The molecule has 0 radical (unpaired) electrons. The Kier molecular flexibility index (Phi) is 4.16. The Balaban J connectivity index is 2.43. The van der Waals surface area contributed by atoms with Gasteiger partial charge in [-0.3, -0.25) is 4.79 Å². The van der Waals surface area contributed by atoms with E-state index in [1.165, 1.54) is 18.4 Å². The number of anilines is 1. The predicted molar refractivity (Wildman–Crippen MR) is 76.3 cm³/mol. The minimum atomic E-state index is -0.390. The molecule has 2 rings (SSSR count). The van der Waals surface area contributed by atoms with Gasteiger partial charge in [0.2, 0.25) is 5.91 Å². The van der Waals surface area contributed by atoms with E-state index in [-0.39, 0.29) is 17.8 Å². The number of carbonyl (C=O) groups is 2. The number of alkyl halides is 1. The van der Waals surface area contributed by atoms with Crippen LogP contribution in [0.2, 0.25) is 0 Å². The van der Waals surface area contributed by atoms with Gasteiger partial charge in [-0.15, -0.1) is 22.9 Å². The highest BCUT2D eigenvalue weighted by Crippen LogP contribution is 2.38. The van der Waals surface area contributed by atoms with E-state index in [2.05, 4.69) is 0 Å². The first-order chi connectivity index (χ1) is 8.99. The van der Waals surface area contributed by atoms with Gasteiger partial charge in [0.25, 0.3) is 0 Å². The van der Waals surface area contributed by atoms with Crippen molar-refractivity contribution in [3.63, 3.8) is 0 Å². The van der Waals surface area contributed by atoms with Crippen molar-refractivity contribution in [3.8, 4) is 0 Å². The van der Waals surface area contributed by atoms with Crippen LogP contribution in [0.15, 0.2) is 0 Å². The lowest BCUT2D eigenvalue weighted by molar-refractivity contribution is -0.117. The van der Waals surface area contributed by atoms with Crippen molar-refractivity contribution >= 4 is 39.8 Å². The summed E-state index contributed by atoms with van der Waals surface area (Å²) in [6.45, 7) is 4.39. The molecular weight excluding hydrogens is 286 g/mol. The van der Waals surface area contributed by atoms with Gasteiger partial charge in [0.1, 0.15) is 5.00 Å². The van der Waals surface area contributed by atoms with Gasteiger partial charge in [0, 0.05) is 23.7 Å². The molecule has 1 amide bonds. The molecule has 0 spiro atoms. The second-order valence-corrected chi connectivity index (χ2v) is 6.20. The van der Waals surface area contributed by atoms with E-state index in [0.717, 1.165) is 10.4 Å². The Labute approximate surface area is 121 Å². The number of ether oxygens (including phenoxy) is 1. The van der Waals surface area contributed by atoms with Crippen LogP contribution in [-0.2, 0) is 9.53 Å². The van der Waals surface area contributed by atoms with E-state index < -0.39 is 0 Å². The molecule has 1 aromatic rings. The first-order valence-electron chi connectivity index (χ1n) is 6.04. The van der Waals surface area contributed by atoms with Crippen LogP contribution in [-0.4, -0.2) is 31.4 Å². The van der Waals surface area contributed by atoms with Crippen LogP contribution in [0.5, 0.6) is 0 Å². The third kappa shape index (κ3) is 2.49. The van der Waals surface area contributed by atoms with Crippen molar-refractivity contribution in [2.75, 3.05) is 24.4 Å². The number of esters is 1. The predicted octanol–water partition coefficient (Wildman–Crippen LogP) is 2.74. The Bertz CT molecular complexity index is 526. The third-order valence-electron chi connectivity index (χ3n) is 3.42. The fourth-order valence-corrected chi connectivity index (χ4v) is 3.60. The number of halogens is 1. The van der Waals surface area contributed by atoms with Crippen molar-refractivity contribution in [2.45, 2.75) is 20.3 Å². The lowest BCUT2D eigenvalue weighted by atomic mass is 10.1. The van der Waals surface area contributed by atoms with Crippen molar-refractivity contribution in [1.29, 1.82) is 0 Å². The Morgan fingerprint density at radius 1 is 1.53 bits per heavy atom. The first-order valence-corrected chi connectivity index (χ1v) is 7.39. The van der Waals surface area contributed by atoms with Crippen molar-refractivity contribution in [2.24, 2.45) is 5.92 Å². The molecule has 1 aromatic heterocycles. The van der Waals surface area contributed by atoms with Crippen molar-refractivity contribution in [3.05, 3.63) is 16.0 Å². The SMILES string of the molecule is COC(=O)c1c(N2CC(CCl)CC2=O)sc(C)c1C. The number of thiophene rings is 1. The molecule has 1 aliphatic heterocycles. The number of methoxy groups -OCH3 is 1. The third-order valence-corrected chi connectivity index (χ3v) is 5.09. The molecule has 1 fully saturated rings. The number of rotatable bonds is 3. The molecule has 4 nitrogen and oxygen atoms in total. The maximum atomic E-state index is 12.0. The maximum absolute atomic E-state index is 12.0. The van der Waals surface area contributed by atoms with Gasteiger partial charge in [-0.05, 0) is 25.3 Å². The zero-order valence-corrected chi connectivity index (χ0v) is 12.7. The number of amides is 1. The summed E-state index contributed by atoms with van der Waals surface area (Å²) in [5, 5.41) is 0.694. The molecule has 0 aliphatic carbocycles. The van der Waals surface area contributed by atoms with Crippen molar-refractivity contribution in [1.82, 2.24) is 0 Å². The molecule has 19 heavy (non-hydrogen) atoms. The van der Waals surface area contributed by atoms with Gasteiger partial charge in [-0.1, -0.05) is 0 Å². The van der Waals surface area contributed by atoms with Crippen LogP contribution in [0, 0.1) is 19.8 Å². The highest BCUT2D eigenvalue weighted by atomic mass is 35.5. The van der Waals surface area contributed by atoms with Gasteiger partial charge in [-0.2, -0.15) is 0 Å². The fraction of sp³-hybridized carbons (Fsp3) is 0.538. The standard InChI is InChI=1S/C13H16ClNO3S/c1-7-8(2)19-12(11(7)13(17)18-3)15-6-9(5-14)4-10(15)16/h9H,4-6H2,1-3H3. The lowest BCUT2D eigenvalue weighted by Crippen LogP contribution is -2.25. The second kappa shape index (κ2) is 5.51. The smallest absolute Gasteiger partial charge is 0.341 e. The normalized spacial score (nSPS) is 19.1. The van der Waals surface area contributed by atoms with Crippen LogP contribution in [0.25, 0.3) is 0 Å². The Hall–Kier alpha value is -1.07. The van der Waals surface area contributed by atoms with Gasteiger partial charge in [-0.25, -0.2) is 4.79 Å². The largest absolute Gasteiger partial charge is 0.465 e. The van der Waals surface area contributed by atoms with E-state index >= 15 is 0 Å². The minimum absolute atomic E-state index is 0.0250. The van der Waals surface area contributed by atoms with E-state index in [9.17, 15) is 9.59 Å². The summed E-state index contributed by atoms with van der Waals surface area (Å²) < 4.78 is 4.82. The van der Waals surface area contributed by atoms with E-state index in [1.54, 1.807) is 4.90 Å². The molecular formula is C13H16ClNO3S. The molecule has 1 atom stereocenters. The topological polar surface area (TPSA) is 46.6 Å². The Morgan fingerprint density at radius 3 is 2.74 bits per heavy atom. The average molecular weight is 302 g/mol. The van der Waals surface area contributed by atoms with Crippen LogP contribution in [0.4, 0.5) is 5.00 Å². The quantitative estimate of drug-likeness (QED) is 0.637. The molecule has 1 unspecified atom stereocenters. The molecule has 1 aliphatic rings. The Morgan fingerprint density at radius 2 is 2.21 bits per heavy atom. The summed E-state index contributed by atoms with van der Waals surface area (Å²) in [5.74, 6) is 0.248. The van der Waals surface area contributed by atoms with Gasteiger partial charge < -0.3 is 9.64 Å². The molecule has 104 valence electrons. The molecule has 1 saturated heterocycles. The zero-order chi connectivity index (χ0) is 14.2. The number of carbonyl (C=O) groups excluding carboxylic acids is 2. The number of hydrogen-bond acceptors (Lipinski definition) is 4. The summed E-state index contributed by atoms with van der Waals surface area (Å²) in [6.07, 6.45) is 0.445. The summed E-state index contributed by atoms with van der Waals surface area (Å²) in [6, 6.07) is 0. The molecule has 0 N–H and O–H groups in total. The highest BCUT2D eigenvalue weighted by molar-refractivity contribution is 7.16. The zero-order valence-electron chi connectivity index (χ0n) is 11.2. The molecule has 0 bridgehead atoms. The molecule has 0 saturated carbocycles.